The van der Waals surface area contributed by atoms with Gasteiger partial charge in [-0.05, 0) is 67.8 Å². The summed E-state index contributed by atoms with van der Waals surface area (Å²) in [6, 6.07) is 24.2. The molecule has 0 spiro atoms. The largest absolute Gasteiger partial charge is 0.456 e. The topological polar surface area (TPSA) is 91.9 Å². The van der Waals surface area contributed by atoms with Crippen molar-refractivity contribution < 1.29 is 17.4 Å². The van der Waals surface area contributed by atoms with Gasteiger partial charge in [-0.15, -0.1) is 0 Å². The highest BCUT2D eigenvalue weighted by atomic mass is 32.2. The fourth-order valence-corrected chi connectivity index (χ4v) is 6.46. The lowest BCUT2D eigenvalue weighted by atomic mass is 9.91. The molecule has 3 aliphatic rings. The van der Waals surface area contributed by atoms with E-state index in [1.54, 1.807) is 18.2 Å². The molecule has 0 amide bonds. The third-order valence-electron chi connectivity index (χ3n) is 7.92. The molecule has 0 saturated heterocycles. The van der Waals surface area contributed by atoms with Gasteiger partial charge in [0.2, 0.25) is 0 Å². The molecule has 212 valence electrons. The molecule has 2 unspecified atom stereocenters. The summed E-state index contributed by atoms with van der Waals surface area (Å²) in [6.45, 7) is 8.35. The second-order valence-electron chi connectivity index (χ2n) is 11.0. The highest BCUT2D eigenvalue weighted by Crippen LogP contribution is 2.43. The van der Waals surface area contributed by atoms with Gasteiger partial charge in [0.05, 0.1) is 11.4 Å². The lowest BCUT2D eigenvalue weighted by Crippen LogP contribution is -2.21. The molecule has 1 heterocycles. The molecule has 0 radical (unpaired) electrons. The highest BCUT2D eigenvalue weighted by molar-refractivity contribution is 7.86. The van der Waals surface area contributed by atoms with Gasteiger partial charge < -0.3 is 9.73 Å². The van der Waals surface area contributed by atoms with Crippen LogP contribution in [0, 0.1) is 19.8 Å². The third-order valence-corrected chi connectivity index (χ3v) is 8.83. The average molecular weight is 577 g/mol. The maximum absolute atomic E-state index is 12.5. The van der Waals surface area contributed by atoms with Crippen molar-refractivity contribution in [3.05, 3.63) is 119 Å². The van der Waals surface area contributed by atoms with Crippen LogP contribution in [0.4, 0.5) is 11.4 Å². The Labute approximate surface area is 245 Å². The Bertz CT molecular complexity index is 2030. The van der Waals surface area contributed by atoms with E-state index in [1.807, 2.05) is 42.5 Å². The van der Waals surface area contributed by atoms with Gasteiger partial charge in [-0.3, -0.25) is 9.55 Å². The predicted molar refractivity (Wildman–Crippen MR) is 169 cm³/mol. The van der Waals surface area contributed by atoms with Gasteiger partial charge in [0, 0.05) is 51.5 Å². The first-order valence-electron chi connectivity index (χ1n) is 13.9. The van der Waals surface area contributed by atoms with Crippen molar-refractivity contribution in [2.75, 3.05) is 5.32 Å². The van der Waals surface area contributed by atoms with Gasteiger partial charge in [0.25, 0.3) is 10.1 Å². The molecule has 1 aliphatic heterocycles. The monoisotopic (exact) mass is 576 g/mol. The number of allylic oxidation sites excluding steroid dienone is 2. The Balaban J connectivity index is 1.60. The van der Waals surface area contributed by atoms with E-state index >= 15 is 0 Å². The zero-order valence-corrected chi connectivity index (χ0v) is 24.7. The lowest BCUT2D eigenvalue weighted by molar-refractivity contribution is 0.483. The molecule has 42 heavy (non-hydrogen) atoms. The van der Waals surface area contributed by atoms with Crippen molar-refractivity contribution >= 4 is 32.5 Å². The molecule has 2 N–H and O–H groups in total. The van der Waals surface area contributed by atoms with E-state index in [2.05, 4.69) is 63.4 Å². The molecule has 6 rings (SSSR count). The molecular weight excluding hydrogens is 544 g/mol. The number of nitrogens with one attached hydrogen (secondary N) is 1. The number of hydrogen-bond acceptors (Lipinski definition) is 5. The number of rotatable bonds is 5. The molecule has 2 atom stereocenters. The first-order valence-corrected chi connectivity index (χ1v) is 15.3. The Morgan fingerprint density at radius 3 is 2.38 bits per heavy atom. The summed E-state index contributed by atoms with van der Waals surface area (Å²) in [5.74, 6) is 0.823. The zero-order valence-electron chi connectivity index (χ0n) is 23.9. The summed E-state index contributed by atoms with van der Waals surface area (Å²) in [4.78, 5) is 4.88. The Morgan fingerprint density at radius 1 is 0.881 bits per heavy atom. The molecule has 7 heteroatoms. The summed E-state index contributed by atoms with van der Waals surface area (Å²) in [7, 11) is -4.49. The van der Waals surface area contributed by atoms with Crippen molar-refractivity contribution in [3.63, 3.8) is 0 Å². The number of fused-ring (bicyclic) bond motifs is 2. The Kier molecular flexibility index (Phi) is 7.09. The molecule has 0 aromatic heterocycles. The molecule has 3 aromatic rings. The number of benzene rings is 4. The van der Waals surface area contributed by atoms with Gasteiger partial charge in [0.15, 0.2) is 0 Å². The van der Waals surface area contributed by atoms with Crippen molar-refractivity contribution in [2.24, 2.45) is 10.9 Å². The molecule has 0 saturated carbocycles. The molecular formula is C35H32N2O4S. The van der Waals surface area contributed by atoms with Crippen LogP contribution in [0.25, 0.3) is 33.4 Å². The second kappa shape index (κ2) is 10.7. The van der Waals surface area contributed by atoms with E-state index in [1.165, 1.54) is 11.6 Å². The van der Waals surface area contributed by atoms with Gasteiger partial charge in [-0.2, -0.15) is 8.42 Å². The standard InChI is InChI=1S/C35H32N2O4S/c1-21-9-7-10-22(2)34(21)36-25-15-17-27-30(19-25)41-31-20-26(37-35-23(3)11-8-12-24(35)4)16-18-28(31)33(27)29-13-5-6-14-32(29)42(38,39)40/h5-21,34,37H,1-4H3,(H,38,39,40)/b36-25+. The lowest BCUT2D eigenvalue weighted by Gasteiger charge is -2.21. The summed E-state index contributed by atoms with van der Waals surface area (Å²) < 4.78 is 41.5. The second-order valence-corrected chi connectivity index (χ2v) is 12.4. The minimum Gasteiger partial charge on any atom is -0.456 e. The fourth-order valence-electron chi connectivity index (χ4n) is 5.76. The first kappa shape index (κ1) is 27.7. The SMILES string of the molecule is CC1=CC=CC(C)C1/N=c1\ccc2c(-c3ccccc3S(=O)(=O)O)c3ccc(Nc4c(C)cccc4C)cc3oc-2c1. The third kappa shape index (κ3) is 5.17. The van der Waals surface area contributed by atoms with Crippen LogP contribution >= 0.6 is 0 Å². The van der Waals surface area contributed by atoms with Crippen molar-refractivity contribution in [2.45, 2.75) is 38.6 Å². The minimum absolute atomic E-state index is 0.0146. The fraction of sp³-hybridized carbons (Fsp3) is 0.171. The van der Waals surface area contributed by atoms with E-state index < -0.39 is 10.1 Å². The van der Waals surface area contributed by atoms with Crippen molar-refractivity contribution in [1.82, 2.24) is 0 Å². The number of para-hydroxylation sites is 1. The highest BCUT2D eigenvalue weighted by Gasteiger charge is 2.24. The van der Waals surface area contributed by atoms with Crippen molar-refractivity contribution in [3.8, 4) is 22.5 Å². The molecule has 0 fully saturated rings. The molecule has 2 aliphatic carbocycles. The van der Waals surface area contributed by atoms with Crippen LogP contribution < -0.4 is 10.7 Å². The Morgan fingerprint density at radius 2 is 1.64 bits per heavy atom. The summed E-state index contributed by atoms with van der Waals surface area (Å²) in [6.07, 6.45) is 6.30. The minimum atomic E-state index is -4.49. The van der Waals surface area contributed by atoms with E-state index in [4.69, 9.17) is 9.41 Å². The zero-order chi connectivity index (χ0) is 29.6. The van der Waals surface area contributed by atoms with E-state index in [-0.39, 0.29) is 16.9 Å². The normalized spacial score (nSPS) is 17.5. The van der Waals surface area contributed by atoms with Crippen LogP contribution in [0.5, 0.6) is 0 Å². The summed E-state index contributed by atoms with van der Waals surface area (Å²) >= 11 is 0. The van der Waals surface area contributed by atoms with Crippen LogP contribution in [-0.4, -0.2) is 19.0 Å². The van der Waals surface area contributed by atoms with Crippen LogP contribution in [-0.2, 0) is 10.1 Å². The van der Waals surface area contributed by atoms with Gasteiger partial charge in [-0.25, -0.2) is 0 Å². The summed E-state index contributed by atoms with van der Waals surface area (Å²) in [5.41, 5.74) is 7.64. The number of hydrogen-bond donors (Lipinski definition) is 2. The van der Waals surface area contributed by atoms with E-state index in [9.17, 15) is 13.0 Å². The smallest absolute Gasteiger partial charge is 0.295 e. The van der Waals surface area contributed by atoms with Crippen LogP contribution in [0.15, 0.2) is 117 Å². The quantitative estimate of drug-likeness (QED) is 0.162. The first-order chi connectivity index (χ1) is 20.1. The average Bonchev–Trinajstić information content (AvgIpc) is 2.95. The number of nitrogens with zero attached hydrogens (tertiary/aromatic N) is 1. The van der Waals surface area contributed by atoms with Crippen molar-refractivity contribution in [1.29, 1.82) is 0 Å². The molecule has 3 aromatic carbocycles. The maximum atomic E-state index is 12.5. The van der Waals surface area contributed by atoms with Gasteiger partial charge in [0.1, 0.15) is 16.2 Å². The van der Waals surface area contributed by atoms with E-state index in [0.29, 0.717) is 22.5 Å². The Hall–Kier alpha value is -4.46. The van der Waals surface area contributed by atoms with Gasteiger partial charge in [-0.1, -0.05) is 61.5 Å². The van der Waals surface area contributed by atoms with Crippen LogP contribution in [0.3, 0.4) is 0 Å². The number of aryl methyl sites for hydroxylation is 2. The van der Waals surface area contributed by atoms with E-state index in [0.717, 1.165) is 38.8 Å². The van der Waals surface area contributed by atoms with Crippen LogP contribution in [0.2, 0.25) is 0 Å². The summed E-state index contributed by atoms with van der Waals surface area (Å²) in [5, 5.41) is 5.01. The van der Waals surface area contributed by atoms with Gasteiger partial charge >= 0.3 is 0 Å². The maximum Gasteiger partial charge on any atom is 0.295 e. The molecule has 0 bridgehead atoms. The van der Waals surface area contributed by atoms with Crippen LogP contribution in [0.1, 0.15) is 25.0 Å². The number of anilines is 2. The molecule has 6 nitrogen and oxygen atoms in total. The predicted octanol–water partition coefficient (Wildman–Crippen LogP) is 8.23.